The maximum atomic E-state index is 13.4. The first-order chi connectivity index (χ1) is 15.6. The lowest BCUT2D eigenvalue weighted by molar-refractivity contribution is -0.384. The molecule has 1 heterocycles. The zero-order valence-corrected chi connectivity index (χ0v) is 18.6. The van der Waals surface area contributed by atoms with Gasteiger partial charge < -0.3 is 10.6 Å². The molecular weight excluding hydrogens is 425 g/mol. The maximum Gasteiger partial charge on any atom is 0.269 e. The number of nitro groups is 1. The standard InChI is InChI=1S/C25H24FN3O4/c1-14-21(24(31)28-17-8-6-16(26)7-9-17)22(15-4-10-18(11-5-15)29(32)33)23-19(27-14)12-25(2,3)13-20(23)30/h4-11,22,27H,12-13H2,1-3H3,(H,28,31). The third kappa shape index (κ3) is 4.41. The summed E-state index contributed by atoms with van der Waals surface area (Å²) < 4.78 is 13.3. The van der Waals surface area contributed by atoms with E-state index in [0.717, 1.165) is 5.70 Å². The minimum absolute atomic E-state index is 0.0586. The number of non-ortho nitro benzene ring substituents is 1. The molecule has 170 valence electrons. The molecular formula is C25H24FN3O4. The number of nitro benzene ring substituents is 1. The highest BCUT2D eigenvalue weighted by molar-refractivity contribution is 6.09. The number of ketones is 1. The predicted octanol–water partition coefficient (Wildman–Crippen LogP) is 4.98. The van der Waals surface area contributed by atoms with E-state index in [9.17, 15) is 24.1 Å². The van der Waals surface area contributed by atoms with Gasteiger partial charge in [0, 0.05) is 52.7 Å². The van der Waals surface area contributed by atoms with Crippen LogP contribution >= 0.6 is 0 Å². The zero-order valence-electron chi connectivity index (χ0n) is 18.6. The molecule has 4 rings (SSSR count). The highest BCUT2D eigenvalue weighted by Crippen LogP contribution is 2.46. The summed E-state index contributed by atoms with van der Waals surface area (Å²) in [5.74, 6) is -1.58. The normalized spacial score (nSPS) is 19.6. The molecule has 1 aliphatic heterocycles. The van der Waals surface area contributed by atoms with Gasteiger partial charge in [0.2, 0.25) is 0 Å². The van der Waals surface area contributed by atoms with E-state index in [0.29, 0.717) is 40.9 Å². The highest BCUT2D eigenvalue weighted by Gasteiger charge is 2.42. The summed E-state index contributed by atoms with van der Waals surface area (Å²) >= 11 is 0. The van der Waals surface area contributed by atoms with Crippen molar-refractivity contribution in [3.05, 3.63) is 92.6 Å². The maximum absolute atomic E-state index is 13.4. The van der Waals surface area contributed by atoms with Gasteiger partial charge in [0.1, 0.15) is 5.82 Å². The number of anilines is 1. The van der Waals surface area contributed by atoms with Crippen molar-refractivity contribution in [2.24, 2.45) is 5.41 Å². The first kappa shape index (κ1) is 22.4. The number of dihydropyridines is 1. The molecule has 0 aromatic heterocycles. The molecule has 0 bridgehead atoms. The van der Waals surface area contributed by atoms with Crippen molar-refractivity contribution in [2.45, 2.75) is 39.5 Å². The van der Waals surface area contributed by atoms with Crippen LogP contribution in [0.5, 0.6) is 0 Å². The van der Waals surface area contributed by atoms with Gasteiger partial charge in [0.05, 0.1) is 4.92 Å². The van der Waals surface area contributed by atoms with Gasteiger partial charge in [-0.15, -0.1) is 0 Å². The minimum Gasteiger partial charge on any atom is -0.362 e. The van der Waals surface area contributed by atoms with E-state index in [-0.39, 0.29) is 16.9 Å². The molecule has 0 fully saturated rings. The lowest BCUT2D eigenvalue weighted by atomic mass is 9.68. The number of nitrogens with zero attached hydrogens (tertiary/aromatic N) is 1. The average molecular weight is 449 g/mol. The Morgan fingerprint density at radius 3 is 2.36 bits per heavy atom. The van der Waals surface area contributed by atoms with Crippen molar-refractivity contribution in [1.29, 1.82) is 0 Å². The first-order valence-corrected chi connectivity index (χ1v) is 10.6. The van der Waals surface area contributed by atoms with Gasteiger partial charge >= 0.3 is 0 Å². The Balaban J connectivity index is 1.80. The summed E-state index contributed by atoms with van der Waals surface area (Å²) in [6.07, 6.45) is 0.977. The molecule has 2 N–H and O–H groups in total. The monoisotopic (exact) mass is 449 g/mol. The molecule has 2 aromatic carbocycles. The minimum atomic E-state index is -0.675. The van der Waals surface area contributed by atoms with E-state index in [1.54, 1.807) is 19.1 Å². The molecule has 0 spiro atoms. The van der Waals surface area contributed by atoms with E-state index in [4.69, 9.17) is 0 Å². The van der Waals surface area contributed by atoms with Crippen molar-refractivity contribution < 1.29 is 18.9 Å². The number of hydrogen-bond donors (Lipinski definition) is 2. The number of amides is 1. The van der Waals surface area contributed by atoms with Gasteiger partial charge in [-0.25, -0.2) is 4.39 Å². The molecule has 2 aliphatic rings. The van der Waals surface area contributed by atoms with Gasteiger partial charge in [0.25, 0.3) is 11.6 Å². The first-order valence-electron chi connectivity index (χ1n) is 10.6. The van der Waals surface area contributed by atoms with Gasteiger partial charge in [0.15, 0.2) is 5.78 Å². The van der Waals surface area contributed by atoms with Crippen LogP contribution in [0.2, 0.25) is 0 Å². The number of Topliss-reactive ketones (excluding diaryl/α,β-unsaturated/α-hetero) is 1. The Kier molecular flexibility index (Phi) is 5.61. The SMILES string of the molecule is CC1=C(C(=O)Nc2ccc(F)cc2)C(c2ccc([N+](=O)[O-])cc2)C2=C(CC(C)(C)CC2=O)N1. The fraction of sp³-hybridized carbons (Fsp3) is 0.280. The van der Waals surface area contributed by atoms with Crippen molar-refractivity contribution in [3.8, 4) is 0 Å². The van der Waals surface area contributed by atoms with E-state index in [1.165, 1.54) is 36.4 Å². The van der Waals surface area contributed by atoms with Crippen molar-refractivity contribution in [3.63, 3.8) is 0 Å². The second kappa shape index (κ2) is 8.27. The fourth-order valence-corrected chi connectivity index (χ4v) is 4.59. The number of nitrogens with one attached hydrogen (secondary N) is 2. The molecule has 1 amide bonds. The van der Waals surface area contributed by atoms with E-state index >= 15 is 0 Å². The lowest BCUT2D eigenvalue weighted by Gasteiger charge is -2.39. The molecule has 8 heteroatoms. The number of hydrogen-bond acceptors (Lipinski definition) is 5. The third-order valence-corrected chi connectivity index (χ3v) is 6.02. The fourth-order valence-electron chi connectivity index (χ4n) is 4.59. The number of carbonyl (C=O) groups is 2. The number of halogens is 1. The number of allylic oxidation sites excluding steroid dienone is 3. The predicted molar refractivity (Wildman–Crippen MR) is 122 cm³/mol. The Hall–Kier alpha value is -3.81. The Bertz CT molecular complexity index is 1210. The Morgan fingerprint density at radius 1 is 1.12 bits per heavy atom. The summed E-state index contributed by atoms with van der Waals surface area (Å²) in [5, 5.41) is 17.2. The van der Waals surface area contributed by atoms with Crippen molar-refractivity contribution >= 4 is 23.1 Å². The Morgan fingerprint density at radius 2 is 1.76 bits per heavy atom. The van der Waals surface area contributed by atoms with Crippen LogP contribution in [0.25, 0.3) is 0 Å². The summed E-state index contributed by atoms with van der Waals surface area (Å²) in [7, 11) is 0. The smallest absolute Gasteiger partial charge is 0.269 e. The molecule has 1 unspecified atom stereocenters. The van der Waals surface area contributed by atoms with Gasteiger partial charge in [-0.3, -0.25) is 19.7 Å². The summed E-state index contributed by atoms with van der Waals surface area (Å²) in [6, 6.07) is 11.3. The van der Waals surface area contributed by atoms with E-state index in [1.807, 2.05) is 13.8 Å². The number of rotatable bonds is 4. The van der Waals surface area contributed by atoms with Crippen molar-refractivity contribution in [2.75, 3.05) is 5.32 Å². The molecule has 1 atom stereocenters. The van der Waals surface area contributed by atoms with Crippen LogP contribution in [0, 0.1) is 21.3 Å². The highest BCUT2D eigenvalue weighted by atomic mass is 19.1. The molecule has 0 saturated heterocycles. The van der Waals surface area contributed by atoms with Crippen LogP contribution < -0.4 is 10.6 Å². The van der Waals surface area contributed by atoms with Gasteiger partial charge in [-0.05, 0) is 48.6 Å². The summed E-state index contributed by atoms with van der Waals surface area (Å²) in [4.78, 5) is 37.3. The van der Waals surface area contributed by atoms with Crippen LogP contribution in [0.3, 0.4) is 0 Å². The zero-order chi connectivity index (χ0) is 23.9. The summed E-state index contributed by atoms with van der Waals surface area (Å²) in [5.41, 5.74) is 2.97. The molecule has 0 saturated carbocycles. The molecule has 7 nitrogen and oxygen atoms in total. The Labute approximate surface area is 190 Å². The van der Waals surface area contributed by atoms with Crippen molar-refractivity contribution in [1.82, 2.24) is 5.32 Å². The molecule has 1 aliphatic carbocycles. The van der Waals surface area contributed by atoms with E-state index in [2.05, 4.69) is 10.6 Å². The van der Waals surface area contributed by atoms with E-state index < -0.39 is 22.6 Å². The molecule has 2 aromatic rings. The van der Waals surface area contributed by atoms with Crippen LogP contribution in [0.4, 0.5) is 15.8 Å². The second-order valence-corrected chi connectivity index (χ2v) is 9.24. The molecule has 33 heavy (non-hydrogen) atoms. The molecule has 0 radical (unpaired) electrons. The topological polar surface area (TPSA) is 101 Å². The lowest BCUT2D eigenvalue weighted by Crippen LogP contribution is -2.39. The van der Waals surface area contributed by atoms with Crippen LogP contribution in [0.15, 0.2) is 71.1 Å². The van der Waals surface area contributed by atoms with Crippen LogP contribution in [-0.2, 0) is 9.59 Å². The van der Waals surface area contributed by atoms with Crippen LogP contribution in [0.1, 0.15) is 45.1 Å². The quantitative estimate of drug-likeness (QED) is 0.507. The summed E-state index contributed by atoms with van der Waals surface area (Å²) in [6.45, 7) is 5.81. The number of carbonyl (C=O) groups excluding carboxylic acids is 2. The largest absolute Gasteiger partial charge is 0.362 e. The number of benzene rings is 2. The van der Waals surface area contributed by atoms with Gasteiger partial charge in [-0.2, -0.15) is 0 Å². The second-order valence-electron chi connectivity index (χ2n) is 9.24. The van der Waals surface area contributed by atoms with Crippen LogP contribution in [-0.4, -0.2) is 16.6 Å². The average Bonchev–Trinajstić information content (AvgIpc) is 2.73. The van der Waals surface area contributed by atoms with Gasteiger partial charge in [-0.1, -0.05) is 26.0 Å². The third-order valence-electron chi connectivity index (χ3n) is 6.02.